The fourth-order valence-electron chi connectivity index (χ4n) is 2.22. The first-order valence-corrected chi connectivity index (χ1v) is 8.53. The summed E-state index contributed by atoms with van der Waals surface area (Å²) >= 11 is 0. The molecule has 0 radical (unpaired) electrons. The van der Waals surface area contributed by atoms with E-state index in [9.17, 15) is 13.2 Å². The summed E-state index contributed by atoms with van der Waals surface area (Å²) in [6.07, 6.45) is 1.58. The Kier molecular flexibility index (Phi) is 5.70. The number of hydrogen-bond acceptors (Lipinski definition) is 4. The minimum absolute atomic E-state index is 0.0284. The van der Waals surface area contributed by atoms with Crippen LogP contribution < -0.4 is 0 Å². The molecular weight excluding hydrogens is 304 g/mol. The van der Waals surface area contributed by atoms with Gasteiger partial charge < -0.3 is 9.64 Å². The SMILES string of the molecule is COCC(=O)N1CCN(S(=O)(=O)/C=C/c2ccccc2)CC1. The van der Waals surface area contributed by atoms with Crippen molar-refractivity contribution in [3.63, 3.8) is 0 Å². The lowest BCUT2D eigenvalue weighted by Gasteiger charge is -2.33. The van der Waals surface area contributed by atoms with Gasteiger partial charge in [-0.1, -0.05) is 30.3 Å². The standard InChI is InChI=1S/C15H20N2O4S/c1-21-13-15(18)16-8-10-17(11-9-16)22(19,20)12-7-14-5-3-2-4-6-14/h2-7,12H,8-11,13H2,1H3/b12-7+. The smallest absolute Gasteiger partial charge is 0.248 e. The van der Waals surface area contributed by atoms with Crippen LogP contribution in [0, 0.1) is 0 Å². The predicted molar refractivity (Wildman–Crippen MR) is 84.4 cm³/mol. The van der Waals surface area contributed by atoms with E-state index in [1.807, 2.05) is 30.3 Å². The fourth-order valence-corrected chi connectivity index (χ4v) is 3.40. The number of ether oxygens (including phenoxy) is 1. The Hall–Kier alpha value is -1.70. The van der Waals surface area contributed by atoms with E-state index in [0.717, 1.165) is 5.56 Å². The molecule has 0 unspecified atom stereocenters. The van der Waals surface area contributed by atoms with E-state index >= 15 is 0 Å². The third kappa shape index (κ3) is 4.40. The van der Waals surface area contributed by atoms with Crippen molar-refractivity contribution in [1.29, 1.82) is 0 Å². The summed E-state index contributed by atoms with van der Waals surface area (Å²) in [5.74, 6) is -0.112. The molecule has 1 aromatic rings. The Morgan fingerprint density at radius 1 is 1.18 bits per heavy atom. The van der Waals surface area contributed by atoms with Gasteiger partial charge in [-0.05, 0) is 11.6 Å². The lowest BCUT2D eigenvalue weighted by molar-refractivity contribution is -0.136. The molecule has 1 fully saturated rings. The molecule has 0 aliphatic carbocycles. The van der Waals surface area contributed by atoms with Crippen LogP contribution in [0.3, 0.4) is 0 Å². The summed E-state index contributed by atoms with van der Waals surface area (Å²) in [4.78, 5) is 13.3. The average molecular weight is 324 g/mol. The average Bonchev–Trinajstić information content (AvgIpc) is 2.54. The van der Waals surface area contributed by atoms with Crippen LogP contribution >= 0.6 is 0 Å². The van der Waals surface area contributed by atoms with Crippen LogP contribution in [0.15, 0.2) is 35.7 Å². The van der Waals surface area contributed by atoms with Crippen molar-refractivity contribution in [3.8, 4) is 0 Å². The summed E-state index contributed by atoms with van der Waals surface area (Å²) in [6, 6.07) is 9.27. The molecule has 0 saturated carbocycles. The van der Waals surface area contributed by atoms with Crippen molar-refractivity contribution in [1.82, 2.24) is 9.21 Å². The summed E-state index contributed by atoms with van der Waals surface area (Å²) in [5.41, 5.74) is 0.833. The van der Waals surface area contributed by atoms with Gasteiger partial charge in [-0.25, -0.2) is 8.42 Å². The molecule has 0 spiro atoms. The second kappa shape index (κ2) is 7.53. The first-order valence-electron chi connectivity index (χ1n) is 7.03. The van der Waals surface area contributed by atoms with Crippen molar-refractivity contribution < 1.29 is 17.9 Å². The highest BCUT2D eigenvalue weighted by atomic mass is 32.2. The summed E-state index contributed by atoms with van der Waals surface area (Å²) < 4.78 is 30.7. The maximum atomic E-state index is 12.3. The predicted octanol–water partition coefficient (Wildman–Crippen LogP) is 0.778. The number of nitrogens with zero attached hydrogens (tertiary/aromatic N) is 2. The number of rotatable bonds is 5. The molecule has 7 heteroatoms. The van der Waals surface area contributed by atoms with E-state index in [1.54, 1.807) is 11.0 Å². The summed E-state index contributed by atoms with van der Waals surface area (Å²) in [6.45, 7) is 1.41. The lowest BCUT2D eigenvalue weighted by atomic mass is 10.2. The van der Waals surface area contributed by atoms with Gasteiger partial charge in [0.25, 0.3) is 0 Å². The van der Waals surface area contributed by atoms with E-state index < -0.39 is 10.0 Å². The highest BCUT2D eigenvalue weighted by Crippen LogP contribution is 2.11. The van der Waals surface area contributed by atoms with Crippen molar-refractivity contribution >= 4 is 22.0 Å². The van der Waals surface area contributed by atoms with Gasteiger partial charge in [0, 0.05) is 38.7 Å². The minimum Gasteiger partial charge on any atom is -0.375 e. The lowest BCUT2D eigenvalue weighted by Crippen LogP contribution is -2.50. The van der Waals surface area contributed by atoms with Crippen molar-refractivity contribution in [2.45, 2.75) is 0 Å². The van der Waals surface area contributed by atoms with Crippen molar-refractivity contribution in [2.24, 2.45) is 0 Å². The fraction of sp³-hybridized carbons (Fsp3) is 0.400. The van der Waals surface area contributed by atoms with Gasteiger partial charge >= 0.3 is 0 Å². The molecule has 6 nitrogen and oxygen atoms in total. The molecule has 1 aliphatic rings. The van der Waals surface area contributed by atoms with E-state index in [-0.39, 0.29) is 12.5 Å². The monoisotopic (exact) mass is 324 g/mol. The Morgan fingerprint density at radius 2 is 1.82 bits per heavy atom. The summed E-state index contributed by atoms with van der Waals surface area (Å²) in [5, 5.41) is 1.22. The molecule has 0 aromatic heterocycles. The van der Waals surface area contributed by atoms with Crippen LogP contribution in [0.4, 0.5) is 0 Å². The van der Waals surface area contributed by atoms with Crippen LogP contribution in [0.25, 0.3) is 6.08 Å². The first kappa shape index (κ1) is 16.7. The number of carbonyl (C=O) groups is 1. The third-order valence-electron chi connectivity index (χ3n) is 3.45. The molecule has 1 aromatic carbocycles. The zero-order valence-electron chi connectivity index (χ0n) is 12.5. The topological polar surface area (TPSA) is 66.9 Å². The quantitative estimate of drug-likeness (QED) is 0.803. The van der Waals surface area contributed by atoms with Crippen LogP contribution in [0.5, 0.6) is 0 Å². The molecule has 0 N–H and O–H groups in total. The maximum absolute atomic E-state index is 12.3. The number of sulfonamides is 1. The first-order chi connectivity index (χ1) is 10.5. The normalized spacial score (nSPS) is 17.0. The molecule has 120 valence electrons. The van der Waals surface area contributed by atoms with Gasteiger partial charge in [0.15, 0.2) is 0 Å². The molecule has 1 saturated heterocycles. The molecule has 2 rings (SSSR count). The van der Waals surface area contributed by atoms with Crippen LogP contribution in [-0.2, 0) is 19.6 Å². The zero-order valence-corrected chi connectivity index (χ0v) is 13.3. The highest BCUT2D eigenvalue weighted by molar-refractivity contribution is 7.92. The number of piperazine rings is 1. The number of methoxy groups -OCH3 is 1. The minimum atomic E-state index is -3.46. The zero-order chi connectivity index (χ0) is 16.0. The van der Waals surface area contributed by atoms with E-state index in [2.05, 4.69) is 0 Å². The third-order valence-corrected chi connectivity index (χ3v) is 5.02. The second-order valence-corrected chi connectivity index (χ2v) is 6.79. The Balaban J connectivity index is 1.95. The molecule has 1 heterocycles. The Morgan fingerprint density at radius 3 is 2.41 bits per heavy atom. The number of benzene rings is 1. The second-order valence-electron chi connectivity index (χ2n) is 4.97. The van der Waals surface area contributed by atoms with Gasteiger partial charge in [-0.15, -0.1) is 0 Å². The molecule has 1 aliphatic heterocycles. The molecular formula is C15H20N2O4S. The van der Waals surface area contributed by atoms with Gasteiger partial charge in [-0.2, -0.15) is 4.31 Å². The van der Waals surface area contributed by atoms with Crippen LogP contribution in [0.2, 0.25) is 0 Å². The Labute approximate surface area is 131 Å². The number of amides is 1. The molecule has 1 amide bonds. The van der Waals surface area contributed by atoms with Gasteiger partial charge in [0.1, 0.15) is 6.61 Å². The van der Waals surface area contributed by atoms with E-state index in [4.69, 9.17) is 4.74 Å². The largest absolute Gasteiger partial charge is 0.375 e. The maximum Gasteiger partial charge on any atom is 0.248 e. The molecule has 0 atom stereocenters. The van der Waals surface area contributed by atoms with E-state index in [1.165, 1.54) is 16.8 Å². The molecule has 0 bridgehead atoms. The van der Waals surface area contributed by atoms with Gasteiger partial charge in [0.05, 0.1) is 0 Å². The van der Waals surface area contributed by atoms with Gasteiger partial charge in [-0.3, -0.25) is 4.79 Å². The van der Waals surface area contributed by atoms with Crippen molar-refractivity contribution in [3.05, 3.63) is 41.3 Å². The highest BCUT2D eigenvalue weighted by Gasteiger charge is 2.27. The Bertz CT molecular complexity index is 620. The van der Waals surface area contributed by atoms with Gasteiger partial charge in [0.2, 0.25) is 15.9 Å². The van der Waals surface area contributed by atoms with E-state index in [0.29, 0.717) is 26.2 Å². The van der Waals surface area contributed by atoms with Crippen molar-refractivity contribution in [2.75, 3.05) is 39.9 Å². The number of hydrogen-bond donors (Lipinski definition) is 0. The summed E-state index contributed by atoms with van der Waals surface area (Å²) in [7, 11) is -1.99. The number of carbonyl (C=O) groups excluding carboxylic acids is 1. The van der Waals surface area contributed by atoms with Crippen LogP contribution in [-0.4, -0.2) is 63.4 Å². The molecule has 22 heavy (non-hydrogen) atoms. The van der Waals surface area contributed by atoms with Crippen LogP contribution in [0.1, 0.15) is 5.56 Å².